The normalized spacial score (nSPS) is 12.0. The van der Waals surface area contributed by atoms with Gasteiger partial charge in [-0.25, -0.2) is 0 Å². The molecule has 24 heavy (non-hydrogen) atoms. The Balaban J connectivity index is 2.03. The van der Waals surface area contributed by atoms with Gasteiger partial charge in [-0.15, -0.1) is 0 Å². The van der Waals surface area contributed by atoms with E-state index in [9.17, 15) is 9.00 Å². The van der Waals surface area contributed by atoms with Crippen LogP contribution in [0.2, 0.25) is 0 Å². The number of amides is 1. The van der Waals surface area contributed by atoms with Crippen molar-refractivity contribution in [1.29, 1.82) is 0 Å². The van der Waals surface area contributed by atoms with Gasteiger partial charge in [0.15, 0.2) is 0 Å². The van der Waals surface area contributed by atoms with E-state index in [0.29, 0.717) is 11.4 Å². The van der Waals surface area contributed by atoms with Crippen LogP contribution in [0.25, 0.3) is 0 Å². The lowest BCUT2D eigenvalue weighted by atomic mass is 10.2. The highest BCUT2D eigenvalue weighted by Crippen LogP contribution is 2.18. The van der Waals surface area contributed by atoms with E-state index in [1.54, 1.807) is 6.07 Å². The van der Waals surface area contributed by atoms with Crippen molar-refractivity contribution in [3.8, 4) is 11.8 Å². The van der Waals surface area contributed by atoms with Crippen molar-refractivity contribution in [2.75, 3.05) is 5.32 Å². The minimum Gasteiger partial charge on any atom is -0.315 e. The zero-order valence-corrected chi connectivity index (χ0v) is 14.9. The Morgan fingerprint density at radius 1 is 1.08 bits per heavy atom. The molecule has 0 aliphatic carbocycles. The Kier molecular flexibility index (Phi) is 5.94. The molecule has 0 aliphatic rings. The molecule has 1 unspecified atom stereocenters. The van der Waals surface area contributed by atoms with Gasteiger partial charge >= 0.3 is 5.91 Å². The number of carbonyl (C=O) groups excluding carboxylic acids is 1. The van der Waals surface area contributed by atoms with Gasteiger partial charge < -0.3 is 5.32 Å². The first-order valence-corrected chi connectivity index (χ1v) is 9.02. The molecule has 2 rings (SSSR count). The quantitative estimate of drug-likeness (QED) is 0.866. The molecule has 0 bridgehead atoms. The summed E-state index contributed by atoms with van der Waals surface area (Å²) in [5, 5.41) is 2.75. The average molecular weight is 339 g/mol. The minimum atomic E-state index is -0.978. The maximum Gasteiger partial charge on any atom is 0.300 e. The van der Waals surface area contributed by atoms with Gasteiger partial charge in [0.2, 0.25) is 0 Å². The summed E-state index contributed by atoms with van der Waals surface area (Å²) in [6.45, 7) is 5.86. The van der Waals surface area contributed by atoms with E-state index in [4.69, 9.17) is 0 Å². The molecule has 0 spiro atoms. The first-order chi connectivity index (χ1) is 11.3. The largest absolute Gasteiger partial charge is 0.315 e. The minimum absolute atomic E-state index is 0.263. The second-order valence-corrected chi connectivity index (χ2v) is 8.58. The summed E-state index contributed by atoms with van der Waals surface area (Å²) >= 11 is 0. The highest BCUT2D eigenvalue weighted by molar-refractivity contribution is 7.85. The molecule has 0 radical (unpaired) electrons. The maximum atomic E-state index is 12.2. The van der Waals surface area contributed by atoms with Crippen molar-refractivity contribution in [3.05, 3.63) is 65.7 Å². The van der Waals surface area contributed by atoms with Crippen molar-refractivity contribution < 1.29 is 9.00 Å². The smallest absolute Gasteiger partial charge is 0.300 e. The van der Waals surface area contributed by atoms with Gasteiger partial charge in [0.05, 0.1) is 0 Å². The van der Waals surface area contributed by atoms with Crippen LogP contribution >= 0.6 is 0 Å². The van der Waals surface area contributed by atoms with Gasteiger partial charge in [-0.3, -0.25) is 9.00 Å². The summed E-state index contributed by atoms with van der Waals surface area (Å²) in [4.78, 5) is 11.9. The first kappa shape index (κ1) is 18.0. The molecule has 3 nitrogen and oxygen atoms in total. The summed E-state index contributed by atoms with van der Waals surface area (Å²) in [6, 6.07) is 16.7. The van der Waals surface area contributed by atoms with Crippen molar-refractivity contribution >= 4 is 22.4 Å². The van der Waals surface area contributed by atoms with E-state index >= 15 is 0 Å². The highest BCUT2D eigenvalue weighted by atomic mass is 32.2. The van der Waals surface area contributed by atoms with Crippen LogP contribution in [0.5, 0.6) is 0 Å². The van der Waals surface area contributed by atoms with Crippen molar-refractivity contribution in [2.45, 2.75) is 31.3 Å². The molecule has 2 aromatic carbocycles. The number of hydrogen-bond donors (Lipinski definition) is 1. The van der Waals surface area contributed by atoms with Gasteiger partial charge in [-0.1, -0.05) is 36.3 Å². The predicted octanol–water partition coefficient (Wildman–Crippen LogP) is 3.72. The number of rotatable bonds is 3. The lowest BCUT2D eigenvalue weighted by Gasteiger charge is -2.17. The fraction of sp³-hybridized carbons (Fsp3) is 0.250. The van der Waals surface area contributed by atoms with Crippen molar-refractivity contribution in [1.82, 2.24) is 0 Å². The molecule has 124 valence electrons. The van der Waals surface area contributed by atoms with Crippen LogP contribution in [0, 0.1) is 11.8 Å². The number of nitrogens with one attached hydrogen (secondary N) is 1. The van der Waals surface area contributed by atoms with Crippen LogP contribution in [0.4, 0.5) is 5.69 Å². The van der Waals surface area contributed by atoms with E-state index in [1.165, 1.54) is 0 Å². The third kappa shape index (κ3) is 5.68. The number of hydrogen-bond acceptors (Lipinski definition) is 2. The fourth-order valence-electron chi connectivity index (χ4n) is 1.92. The van der Waals surface area contributed by atoms with Crippen LogP contribution < -0.4 is 5.32 Å². The van der Waals surface area contributed by atoms with E-state index in [2.05, 4.69) is 17.2 Å². The topological polar surface area (TPSA) is 46.2 Å². The third-order valence-corrected chi connectivity index (χ3v) is 5.22. The summed E-state index contributed by atoms with van der Waals surface area (Å²) in [5.41, 5.74) is 2.38. The van der Waals surface area contributed by atoms with E-state index in [-0.39, 0.29) is 10.7 Å². The Morgan fingerprint density at radius 3 is 2.46 bits per heavy atom. The lowest BCUT2D eigenvalue weighted by molar-refractivity contribution is -0.111. The summed E-state index contributed by atoms with van der Waals surface area (Å²) in [7, 11) is -0.978. The van der Waals surface area contributed by atoms with Crippen LogP contribution in [0.1, 0.15) is 31.9 Å². The Labute approximate surface area is 145 Å². The Bertz CT molecular complexity index is 796. The molecule has 1 amide bonds. The molecule has 0 saturated carbocycles. The summed E-state index contributed by atoms with van der Waals surface area (Å²) in [5.74, 6) is 5.49. The maximum absolute atomic E-state index is 12.2. The van der Waals surface area contributed by atoms with Crippen LogP contribution in [-0.4, -0.2) is 14.9 Å². The van der Waals surface area contributed by atoms with Crippen LogP contribution in [-0.2, 0) is 21.3 Å². The fourth-order valence-corrected chi connectivity index (χ4v) is 2.83. The molecule has 0 aromatic heterocycles. The zero-order chi connectivity index (χ0) is 17.6. The van der Waals surface area contributed by atoms with Crippen molar-refractivity contribution in [3.63, 3.8) is 0 Å². The van der Waals surface area contributed by atoms with E-state index in [0.717, 1.165) is 11.1 Å². The molecule has 0 saturated heterocycles. The SMILES string of the molecule is CC(C)(C)S(=O)Cc1cccc(NC(=O)C#Cc2ccccc2)c1. The third-order valence-electron chi connectivity index (χ3n) is 3.26. The molecule has 1 N–H and O–H groups in total. The summed E-state index contributed by atoms with van der Waals surface area (Å²) < 4.78 is 12.0. The summed E-state index contributed by atoms with van der Waals surface area (Å²) in [6.07, 6.45) is 0. The van der Waals surface area contributed by atoms with Crippen LogP contribution in [0.15, 0.2) is 54.6 Å². The van der Waals surface area contributed by atoms with E-state index in [1.807, 2.05) is 69.3 Å². The van der Waals surface area contributed by atoms with Crippen LogP contribution in [0.3, 0.4) is 0 Å². The first-order valence-electron chi connectivity index (χ1n) is 7.70. The predicted molar refractivity (Wildman–Crippen MR) is 100.0 cm³/mol. The molecular weight excluding hydrogens is 318 g/mol. The number of anilines is 1. The molecule has 0 aliphatic heterocycles. The van der Waals surface area contributed by atoms with Gasteiger partial charge in [-0.05, 0) is 50.6 Å². The van der Waals surface area contributed by atoms with Gasteiger partial charge in [0, 0.05) is 38.5 Å². The molecule has 4 heteroatoms. The Hall–Kier alpha value is -2.38. The lowest BCUT2D eigenvalue weighted by Crippen LogP contribution is -2.23. The van der Waals surface area contributed by atoms with E-state index < -0.39 is 10.8 Å². The van der Waals surface area contributed by atoms with Gasteiger partial charge in [0.25, 0.3) is 0 Å². The highest BCUT2D eigenvalue weighted by Gasteiger charge is 2.19. The molecule has 1 atom stereocenters. The monoisotopic (exact) mass is 339 g/mol. The van der Waals surface area contributed by atoms with Gasteiger partial charge in [-0.2, -0.15) is 0 Å². The average Bonchev–Trinajstić information content (AvgIpc) is 2.53. The Morgan fingerprint density at radius 2 is 1.79 bits per heavy atom. The van der Waals surface area contributed by atoms with Crippen molar-refractivity contribution in [2.24, 2.45) is 0 Å². The second kappa shape index (κ2) is 7.94. The van der Waals surface area contributed by atoms with Gasteiger partial charge in [0.1, 0.15) is 0 Å². The second-order valence-electron chi connectivity index (χ2n) is 6.37. The molecule has 2 aromatic rings. The standard InChI is InChI=1S/C20H21NO2S/c1-20(2,3)24(23)15-17-10-7-11-18(14-17)21-19(22)13-12-16-8-5-4-6-9-16/h4-11,14H,15H2,1-3H3,(H,21,22). The molecular formula is C20H21NO2S. The zero-order valence-electron chi connectivity index (χ0n) is 14.1. The molecule has 0 fully saturated rings. The molecule has 0 heterocycles. The number of carbonyl (C=O) groups is 1. The number of benzene rings is 2.